The maximum atomic E-state index is 11.2. The maximum Gasteiger partial charge on any atom is 0.214 e. The summed E-state index contributed by atoms with van der Waals surface area (Å²) in [4.78, 5) is 0. The molecule has 0 aliphatic heterocycles. The third kappa shape index (κ3) is 2.79. The van der Waals surface area contributed by atoms with Crippen LogP contribution in [0.25, 0.3) is 0 Å². The van der Waals surface area contributed by atoms with Gasteiger partial charge >= 0.3 is 0 Å². The summed E-state index contributed by atoms with van der Waals surface area (Å²) in [6.07, 6.45) is 3.67. The summed E-state index contributed by atoms with van der Waals surface area (Å²) < 4.78 is 24.9. The molecular formula is C7H15NO2S. The fourth-order valence-corrected chi connectivity index (χ4v) is 2.31. The minimum Gasteiger partial charge on any atom is -0.215 e. The second-order valence-corrected chi connectivity index (χ2v) is 5.04. The van der Waals surface area contributed by atoms with Crippen molar-refractivity contribution >= 4 is 10.0 Å². The summed E-state index contributed by atoms with van der Waals surface area (Å²) in [6, 6.07) is 0. The van der Waals surface area contributed by atoms with Gasteiger partial charge in [0.15, 0.2) is 0 Å². The van der Waals surface area contributed by atoms with E-state index in [1.807, 2.05) is 6.92 Å². The molecule has 0 amide bonds. The summed E-state index contributed by atoms with van der Waals surface area (Å²) in [5.74, 6) is 0. The molecule has 0 aromatic rings. The Kier molecular flexibility index (Phi) is 2.90. The average Bonchev–Trinajstić information content (AvgIpc) is 2.68. The first-order valence-corrected chi connectivity index (χ1v) is 5.70. The lowest BCUT2D eigenvalue weighted by atomic mass is 10.3. The predicted molar refractivity (Wildman–Crippen MR) is 44.9 cm³/mol. The monoisotopic (exact) mass is 177 g/mol. The second kappa shape index (κ2) is 3.54. The highest BCUT2D eigenvalue weighted by Gasteiger charge is 2.34. The van der Waals surface area contributed by atoms with Crippen molar-refractivity contribution in [1.82, 2.24) is 4.72 Å². The molecule has 0 saturated heterocycles. The fraction of sp³-hybridized carbons (Fsp3) is 1.00. The third-order valence-corrected chi connectivity index (χ3v) is 3.75. The van der Waals surface area contributed by atoms with Crippen LogP contribution in [0, 0.1) is 0 Å². The van der Waals surface area contributed by atoms with E-state index in [0.717, 1.165) is 25.7 Å². The van der Waals surface area contributed by atoms with Crippen LogP contribution in [0.3, 0.4) is 0 Å². The lowest BCUT2D eigenvalue weighted by Crippen LogP contribution is -2.27. The van der Waals surface area contributed by atoms with Gasteiger partial charge in [-0.05, 0) is 19.3 Å². The van der Waals surface area contributed by atoms with Gasteiger partial charge < -0.3 is 0 Å². The van der Waals surface area contributed by atoms with E-state index in [2.05, 4.69) is 4.72 Å². The van der Waals surface area contributed by atoms with Crippen molar-refractivity contribution in [3.8, 4) is 0 Å². The first-order valence-electron chi connectivity index (χ1n) is 4.15. The van der Waals surface area contributed by atoms with E-state index in [9.17, 15) is 8.42 Å². The van der Waals surface area contributed by atoms with Crippen LogP contribution in [0.15, 0.2) is 0 Å². The van der Waals surface area contributed by atoms with Crippen molar-refractivity contribution in [3.05, 3.63) is 0 Å². The highest BCUT2D eigenvalue weighted by Crippen LogP contribution is 2.27. The first kappa shape index (κ1) is 9.00. The standard InChI is InChI=1S/C7H15NO2S/c1-2-3-6-8-11(9,10)7-4-5-7/h7-8H,2-6H2,1H3. The number of sulfonamides is 1. The number of rotatable bonds is 5. The Morgan fingerprint density at radius 2 is 2.09 bits per heavy atom. The molecule has 11 heavy (non-hydrogen) atoms. The molecule has 1 rings (SSSR count). The number of nitrogens with one attached hydrogen (secondary N) is 1. The van der Waals surface area contributed by atoms with Gasteiger partial charge in [-0.3, -0.25) is 0 Å². The van der Waals surface area contributed by atoms with E-state index in [1.165, 1.54) is 0 Å². The van der Waals surface area contributed by atoms with Crippen LogP contribution in [-0.4, -0.2) is 20.2 Å². The molecule has 0 spiro atoms. The minimum absolute atomic E-state index is 0.0700. The Bertz CT molecular complexity index is 206. The van der Waals surface area contributed by atoms with Gasteiger partial charge in [0, 0.05) is 6.54 Å². The molecule has 1 saturated carbocycles. The summed E-state index contributed by atoms with van der Waals surface area (Å²) in [7, 11) is -2.91. The summed E-state index contributed by atoms with van der Waals surface area (Å²) in [6.45, 7) is 2.65. The normalized spacial score (nSPS) is 18.6. The molecule has 0 unspecified atom stereocenters. The lowest BCUT2D eigenvalue weighted by molar-refractivity contribution is 0.577. The van der Waals surface area contributed by atoms with Crippen LogP contribution >= 0.6 is 0 Å². The van der Waals surface area contributed by atoms with E-state index < -0.39 is 10.0 Å². The molecule has 4 heteroatoms. The van der Waals surface area contributed by atoms with Crippen LogP contribution in [0.2, 0.25) is 0 Å². The number of unbranched alkanes of at least 4 members (excludes halogenated alkanes) is 1. The molecule has 1 aliphatic carbocycles. The first-order chi connectivity index (χ1) is 5.17. The molecular weight excluding hydrogens is 162 g/mol. The van der Waals surface area contributed by atoms with E-state index in [4.69, 9.17) is 0 Å². The molecule has 1 N–H and O–H groups in total. The van der Waals surface area contributed by atoms with Crippen molar-refractivity contribution in [1.29, 1.82) is 0 Å². The third-order valence-electron chi connectivity index (χ3n) is 1.80. The van der Waals surface area contributed by atoms with Gasteiger partial charge in [-0.2, -0.15) is 0 Å². The molecule has 1 fully saturated rings. The largest absolute Gasteiger partial charge is 0.215 e. The Morgan fingerprint density at radius 3 is 2.55 bits per heavy atom. The Morgan fingerprint density at radius 1 is 1.45 bits per heavy atom. The topological polar surface area (TPSA) is 46.2 Å². The lowest BCUT2D eigenvalue weighted by Gasteiger charge is -2.02. The van der Waals surface area contributed by atoms with Gasteiger partial charge in [0.1, 0.15) is 0 Å². The van der Waals surface area contributed by atoms with Gasteiger partial charge in [0.25, 0.3) is 0 Å². The molecule has 66 valence electrons. The zero-order chi connectivity index (χ0) is 8.32. The van der Waals surface area contributed by atoms with Crippen LogP contribution in [0.4, 0.5) is 0 Å². The zero-order valence-corrected chi connectivity index (χ0v) is 7.65. The SMILES string of the molecule is CCCCNS(=O)(=O)C1CC1. The highest BCUT2D eigenvalue weighted by molar-refractivity contribution is 7.90. The highest BCUT2D eigenvalue weighted by atomic mass is 32.2. The van der Waals surface area contributed by atoms with Crippen LogP contribution in [0.5, 0.6) is 0 Å². The summed E-state index contributed by atoms with van der Waals surface area (Å²) in [5, 5.41) is -0.0700. The van der Waals surface area contributed by atoms with E-state index >= 15 is 0 Å². The molecule has 1 aliphatic rings. The molecule has 0 radical (unpaired) electrons. The molecule has 0 bridgehead atoms. The average molecular weight is 177 g/mol. The smallest absolute Gasteiger partial charge is 0.214 e. The Hall–Kier alpha value is -0.0900. The molecule has 3 nitrogen and oxygen atoms in total. The second-order valence-electron chi connectivity index (χ2n) is 2.99. The van der Waals surface area contributed by atoms with Gasteiger partial charge in [0.2, 0.25) is 10.0 Å². The van der Waals surface area contributed by atoms with Crippen LogP contribution in [0.1, 0.15) is 32.6 Å². The van der Waals surface area contributed by atoms with Gasteiger partial charge in [0.05, 0.1) is 5.25 Å². The van der Waals surface area contributed by atoms with Crippen molar-refractivity contribution in [2.24, 2.45) is 0 Å². The molecule has 0 aromatic carbocycles. The quantitative estimate of drug-likeness (QED) is 0.633. The van der Waals surface area contributed by atoms with Gasteiger partial charge in [-0.25, -0.2) is 13.1 Å². The molecule has 0 aromatic heterocycles. The number of hydrogen-bond acceptors (Lipinski definition) is 2. The summed E-state index contributed by atoms with van der Waals surface area (Å²) >= 11 is 0. The minimum atomic E-state index is -2.91. The maximum absolute atomic E-state index is 11.2. The van der Waals surface area contributed by atoms with Crippen LogP contribution < -0.4 is 4.72 Å². The van der Waals surface area contributed by atoms with E-state index in [0.29, 0.717) is 6.54 Å². The Balaban J connectivity index is 2.23. The van der Waals surface area contributed by atoms with Crippen molar-refractivity contribution in [2.75, 3.05) is 6.54 Å². The summed E-state index contributed by atoms with van der Waals surface area (Å²) in [5.41, 5.74) is 0. The van der Waals surface area contributed by atoms with Gasteiger partial charge in [-0.15, -0.1) is 0 Å². The van der Waals surface area contributed by atoms with Crippen LogP contribution in [-0.2, 0) is 10.0 Å². The van der Waals surface area contributed by atoms with Crippen molar-refractivity contribution < 1.29 is 8.42 Å². The fourth-order valence-electron chi connectivity index (χ4n) is 0.887. The van der Waals surface area contributed by atoms with E-state index in [-0.39, 0.29) is 5.25 Å². The Labute approximate surface area is 68.2 Å². The van der Waals surface area contributed by atoms with Crippen molar-refractivity contribution in [3.63, 3.8) is 0 Å². The van der Waals surface area contributed by atoms with Crippen molar-refractivity contribution in [2.45, 2.75) is 37.9 Å². The number of hydrogen-bond donors (Lipinski definition) is 1. The van der Waals surface area contributed by atoms with Gasteiger partial charge in [-0.1, -0.05) is 13.3 Å². The zero-order valence-electron chi connectivity index (χ0n) is 6.84. The van der Waals surface area contributed by atoms with E-state index in [1.54, 1.807) is 0 Å². The predicted octanol–water partition coefficient (Wildman–Crippen LogP) is 0.868. The molecule has 0 heterocycles. The molecule has 0 atom stereocenters.